The fourth-order valence-corrected chi connectivity index (χ4v) is 2.64. The van der Waals surface area contributed by atoms with E-state index in [0.717, 1.165) is 16.6 Å². The van der Waals surface area contributed by atoms with Crippen LogP contribution in [0, 0.1) is 18.3 Å². The van der Waals surface area contributed by atoms with Crippen LogP contribution in [0.2, 0.25) is 5.15 Å². The average molecular weight is 308 g/mol. The van der Waals surface area contributed by atoms with Crippen molar-refractivity contribution in [1.29, 1.82) is 5.26 Å². The summed E-state index contributed by atoms with van der Waals surface area (Å²) in [7, 11) is 0. The zero-order chi connectivity index (χ0) is 15.5. The number of aryl methyl sites for hydroxylation is 1. The second-order valence-electron chi connectivity index (χ2n) is 5.26. The van der Waals surface area contributed by atoms with Gasteiger partial charge in [0.15, 0.2) is 5.15 Å². The van der Waals surface area contributed by atoms with E-state index in [1.165, 1.54) is 5.56 Å². The molecule has 0 saturated carbocycles. The summed E-state index contributed by atoms with van der Waals surface area (Å²) < 4.78 is 0. The largest absolute Gasteiger partial charge is 0.247 e. The van der Waals surface area contributed by atoms with Crippen LogP contribution in [0.15, 0.2) is 48.5 Å². The molecule has 0 bridgehead atoms. The van der Waals surface area contributed by atoms with Gasteiger partial charge in [-0.25, -0.2) is 9.97 Å². The zero-order valence-electron chi connectivity index (χ0n) is 12.1. The number of aromatic nitrogens is 2. The highest BCUT2D eigenvalue weighted by Crippen LogP contribution is 2.26. The van der Waals surface area contributed by atoms with Gasteiger partial charge < -0.3 is 0 Å². The van der Waals surface area contributed by atoms with Gasteiger partial charge in [0.25, 0.3) is 0 Å². The second kappa shape index (κ2) is 6.13. The Labute approximate surface area is 134 Å². The molecular weight excluding hydrogens is 294 g/mol. The topological polar surface area (TPSA) is 49.6 Å². The van der Waals surface area contributed by atoms with E-state index >= 15 is 0 Å². The molecule has 1 aromatic heterocycles. The van der Waals surface area contributed by atoms with E-state index in [9.17, 15) is 5.26 Å². The fourth-order valence-electron chi connectivity index (χ4n) is 2.38. The Bertz CT molecular complexity index is 850. The number of fused-ring (bicyclic) bond motifs is 1. The van der Waals surface area contributed by atoms with Gasteiger partial charge in [0.2, 0.25) is 0 Å². The molecule has 0 aliphatic heterocycles. The third kappa shape index (κ3) is 2.93. The molecule has 0 spiro atoms. The number of nitrogens with zero attached hydrogens (tertiary/aromatic N) is 3. The van der Waals surface area contributed by atoms with E-state index in [2.05, 4.69) is 16.0 Å². The summed E-state index contributed by atoms with van der Waals surface area (Å²) in [5.74, 6) is -0.410. The zero-order valence-corrected chi connectivity index (χ0v) is 12.9. The molecular formula is C18H14ClN3. The van der Waals surface area contributed by atoms with Crippen molar-refractivity contribution in [2.75, 3.05) is 0 Å². The lowest BCUT2D eigenvalue weighted by Gasteiger charge is -2.11. The van der Waals surface area contributed by atoms with Crippen LogP contribution >= 0.6 is 11.6 Å². The van der Waals surface area contributed by atoms with Crippen LogP contribution in [0.3, 0.4) is 0 Å². The lowest BCUT2D eigenvalue weighted by molar-refractivity contribution is 0.813. The summed E-state index contributed by atoms with van der Waals surface area (Å²) in [6, 6.07) is 18.0. The van der Waals surface area contributed by atoms with Gasteiger partial charge >= 0.3 is 0 Å². The highest BCUT2D eigenvalue weighted by atomic mass is 35.5. The number of rotatable bonds is 3. The molecule has 108 valence electrons. The Hall–Kier alpha value is -2.44. The number of benzene rings is 2. The van der Waals surface area contributed by atoms with Crippen molar-refractivity contribution in [3.05, 3.63) is 70.5 Å². The van der Waals surface area contributed by atoms with Crippen LogP contribution in [0.4, 0.5) is 0 Å². The first kappa shape index (κ1) is 14.5. The minimum absolute atomic E-state index is 0.303. The third-order valence-corrected chi connectivity index (χ3v) is 3.88. The fraction of sp³-hybridized carbons (Fsp3) is 0.167. The van der Waals surface area contributed by atoms with Crippen LogP contribution < -0.4 is 0 Å². The molecule has 0 radical (unpaired) electrons. The van der Waals surface area contributed by atoms with Crippen molar-refractivity contribution in [1.82, 2.24) is 9.97 Å². The Balaban J connectivity index is 1.98. The first-order valence-corrected chi connectivity index (χ1v) is 7.42. The van der Waals surface area contributed by atoms with Crippen molar-refractivity contribution < 1.29 is 0 Å². The van der Waals surface area contributed by atoms with Gasteiger partial charge in [-0.2, -0.15) is 5.26 Å². The molecule has 1 unspecified atom stereocenters. The average Bonchev–Trinajstić information content (AvgIpc) is 2.54. The van der Waals surface area contributed by atoms with Crippen LogP contribution in [-0.2, 0) is 6.42 Å². The van der Waals surface area contributed by atoms with Gasteiger partial charge in [0.05, 0.1) is 28.7 Å². The lowest BCUT2D eigenvalue weighted by Crippen LogP contribution is -2.05. The van der Waals surface area contributed by atoms with Gasteiger partial charge in [-0.05, 0) is 31.0 Å². The Morgan fingerprint density at radius 2 is 1.68 bits per heavy atom. The Morgan fingerprint density at radius 1 is 1.05 bits per heavy atom. The molecule has 3 rings (SSSR count). The molecule has 2 aromatic carbocycles. The predicted octanol–water partition coefficient (Wildman–Crippen LogP) is 4.44. The maximum atomic E-state index is 9.52. The van der Waals surface area contributed by atoms with E-state index in [0.29, 0.717) is 17.3 Å². The summed E-state index contributed by atoms with van der Waals surface area (Å²) in [4.78, 5) is 8.89. The van der Waals surface area contributed by atoms with Crippen LogP contribution in [0.1, 0.15) is 22.7 Å². The Kier molecular flexibility index (Phi) is 4.04. The summed E-state index contributed by atoms with van der Waals surface area (Å²) in [6.07, 6.45) is 0.573. The van der Waals surface area contributed by atoms with E-state index in [1.807, 2.05) is 55.5 Å². The summed E-state index contributed by atoms with van der Waals surface area (Å²) in [6.45, 7) is 2.04. The highest BCUT2D eigenvalue weighted by Gasteiger charge is 2.18. The molecule has 0 amide bonds. The maximum Gasteiger partial charge on any atom is 0.152 e. The third-order valence-electron chi connectivity index (χ3n) is 3.60. The van der Waals surface area contributed by atoms with Crippen molar-refractivity contribution in [3.8, 4) is 6.07 Å². The molecule has 0 aliphatic carbocycles. The molecule has 0 N–H and O–H groups in total. The van der Waals surface area contributed by atoms with Crippen molar-refractivity contribution in [2.45, 2.75) is 19.3 Å². The van der Waals surface area contributed by atoms with E-state index in [4.69, 9.17) is 11.6 Å². The number of hydrogen-bond acceptors (Lipinski definition) is 3. The summed E-state index contributed by atoms with van der Waals surface area (Å²) in [5, 5.41) is 9.82. The maximum absolute atomic E-state index is 9.52. The van der Waals surface area contributed by atoms with Crippen LogP contribution in [0.25, 0.3) is 11.0 Å². The summed E-state index contributed by atoms with van der Waals surface area (Å²) >= 11 is 6.24. The second-order valence-corrected chi connectivity index (χ2v) is 5.62. The molecule has 22 heavy (non-hydrogen) atoms. The molecule has 0 aliphatic rings. The Morgan fingerprint density at radius 3 is 2.32 bits per heavy atom. The molecule has 1 heterocycles. The number of hydrogen-bond donors (Lipinski definition) is 0. The minimum atomic E-state index is -0.410. The molecule has 3 nitrogen and oxygen atoms in total. The van der Waals surface area contributed by atoms with Gasteiger partial charge in [0.1, 0.15) is 0 Å². The van der Waals surface area contributed by atoms with Gasteiger partial charge in [0, 0.05) is 0 Å². The van der Waals surface area contributed by atoms with Crippen LogP contribution in [0.5, 0.6) is 0 Å². The van der Waals surface area contributed by atoms with Crippen LogP contribution in [-0.4, -0.2) is 9.97 Å². The van der Waals surface area contributed by atoms with E-state index in [1.54, 1.807) is 0 Å². The first-order chi connectivity index (χ1) is 10.7. The standard InChI is InChI=1S/C18H14ClN3/c1-12-6-8-13(9-7-12)10-14(11-20)17-18(19)22-16-5-3-2-4-15(16)21-17/h2-9,14H,10H2,1H3. The molecule has 3 aromatic rings. The quantitative estimate of drug-likeness (QED) is 0.718. The lowest BCUT2D eigenvalue weighted by atomic mass is 9.97. The van der Waals surface area contributed by atoms with Crippen molar-refractivity contribution >= 4 is 22.6 Å². The van der Waals surface area contributed by atoms with Gasteiger partial charge in [-0.3, -0.25) is 0 Å². The summed E-state index contributed by atoms with van der Waals surface area (Å²) in [5.41, 5.74) is 4.32. The molecule has 4 heteroatoms. The molecule has 0 saturated heterocycles. The van der Waals surface area contributed by atoms with E-state index < -0.39 is 5.92 Å². The predicted molar refractivity (Wildman–Crippen MR) is 87.8 cm³/mol. The normalized spacial score (nSPS) is 12.0. The number of halogens is 1. The number of para-hydroxylation sites is 2. The van der Waals surface area contributed by atoms with Crippen molar-refractivity contribution in [3.63, 3.8) is 0 Å². The van der Waals surface area contributed by atoms with Gasteiger partial charge in [-0.15, -0.1) is 0 Å². The molecule has 1 atom stereocenters. The highest BCUT2D eigenvalue weighted by molar-refractivity contribution is 6.30. The number of nitriles is 1. The smallest absolute Gasteiger partial charge is 0.152 e. The first-order valence-electron chi connectivity index (χ1n) is 7.04. The SMILES string of the molecule is Cc1ccc(CC(C#N)c2nc3ccccc3nc2Cl)cc1. The monoisotopic (exact) mass is 307 g/mol. The van der Waals surface area contributed by atoms with Gasteiger partial charge in [-0.1, -0.05) is 53.6 Å². The minimum Gasteiger partial charge on any atom is -0.247 e. The molecule has 0 fully saturated rings. The van der Waals surface area contributed by atoms with E-state index in [-0.39, 0.29) is 0 Å². The van der Waals surface area contributed by atoms with Crippen molar-refractivity contribution in [2.24, 2.45) is 0 Å².